The highest BCUT2D eigenvalue weighted by molar-refractivity contribution is 5.89. The maximum atomic E-state index is 12.1. The summed E-state index contributed by atoms with van der Waals surface area (Å²) in [6, 6.07) is 12.8. The molecule has 1 heterocycles. The minimum Gasteiger partial charge on any atom is -0.488 e. The molecule has 0 radical (unpaired) electrons. The summed E-state index contributed by atoms with van der Waals surface area (Å²) >= 11 is 0. The van der Waals surface area contributed by atoms with Gasteiger partial charge in [0.05, 0.1) is 6.61 Å². The van der Waals surface area contributed by atoms with E-state index >= 15 is 0 Å². The third-order valence-electron chi connectivity index (χ3n) is 4.41. The molecule has 0 bridgehead atoms. The van der Waals surface area contributed by atoms with E-state index in [2.05, 4.69) is 9.72 Å². The van der Waals surface area contributed by atoms with Crippen molar-refractivity contribution in [3.05, 3.63) is 65.4 Å². The molecule has 0 saturated carbocycles. The number of nitrogens with zero attached hydrogens (tertiary/aromatic N) is 1. The van der Waals surface area contributed by atoms with Crippen LogP contribution in [0.2, 0.25) is 0 Å². The lowest BCUT2D eigenvalue weighted by atomic mass is 10.1. The second kappa shape index (κ2) is 9.66. The average Bonchev–Trinajstić information content (AvgIpc) is 3.15. The predicted molar refractivity (Wildman–Crippen MR) is 107 cm³/mol. The first-order chi connectivity index (χ1) is 15.9. The Hall–Kier alpha value is -2.44. The Morgan fingerprint density at radius 2 is 1.86 bits per heavy atom. The molecule has 0 aliphatic carbocycles. The zero-order valence-corrected chi connectivity index (χ0v) is 15.3. The van der Waals surface area contributed by atoms with Crippen molar-refractivity contribution >= 4 is 10.9 Å². The number of likely N-dealkylation sites (N-methyl/N-ethyl adjacent to an activating group) is 1. The van der Waals surface area contributed by atoms with Crippen LogP contribution >= 0.6 is 0 Å². The van der Waals surface area contributed by atoms with Crippen molar-refractivity contribution < 1.29 is 26.5 Å². The van der Waals surface area contributed by atoms with E-state index in [-0.39, 0.29) is 26.2 Å². The van der Waals surface area contributed by atoms with E-state index in [1.54, 1.807) is 12.3 Å². The summed E-state index contributed by atoms with van der Waals surface area (Å²) in [6.07, 6.45) is 2.30. The average molecular weight is 394 g/mol. The quantitative estimate of drug-likeness (QED) is 0.545. The number of benzene rings is 2. The topological polar surface area (TPSA) is 37.5 Å². The first-order valence-electron chi connectivity index (χ1n) is 11.9. The maximum absolute atomic E-state index is 12.1. The molecule has 2 aromatic carbocycles. The van der Waals surface area contributed by atoms with E-state index in [9.17, 15) is 8.78 Å². The van der Waals surface area contributed by atoms with E-state index in [1.807, 2.05) is 36.4 Å². The lowest BCUT2D eigenvalue weighted by Gasteiger charge is -2.12. The van der Waals surface area contributed by atoms with Gasteiger partial charge in [0.2, 0.25) is 0 Å². The largest absolute Gasteiger partial charge is 0.488 e. The van der Waals surface area contributed by atoms with Crippen LogP contribution in [0.5, 0.6) is 5.75 Å². The van der Waals surface area contributed by atoms with Crippen molar-refractivity contribution in [1.82, 2.24) is 9.88 Å². The van der Waals surface area contributed by atoms with Crippen molar-refractivity contribution in [3.63, 3.8) is 0 Å². The van der Waals surface area contributed by atoms with Gasteiger partial charge in [-0.15, -0.1) is 0 Å². The van der Waals surface area contributed by atoms with Crippen molar-refractivity contribution in [3.8, 4) is 5.75 Å². The van der Waals surface area contributed by atoms with Gasteiger partial charge in [-0.25, -0.2) is 0 Å². The van der Waals surface area contributed by atoms with Gasteiger partial charge in [0, 0.05) is 31.9 Å². The molecule has 150 valence electrons. The van der Waals surface area contributed by atoms with Gasteiger partial charge in [-0.3, -0.25) is 0 Å². The Balaban J connectivity index is 1.69. The van der Waals surface area contributed by atoms with E-state index in [1.165, 1.54) is 0 Å². The highest BCUT2D eigenvalue weighted by Gasteiger charge is 2.10. The van der Waals surface area contributed by atoms with Gasteiger partial charge in [-0.2, -0.15) is 8.78 Å². The molecule has 0 unspecified atom stereocenters. The van der Waals surface area contributed by atoms with Gasteiger partial charge in [0.15, 0.2) is 0 Å². The summed E-state index contributed by atoms with van der Waals surface area (Å²) in [4.78, 5) is 3.66. The number of alkyl halides is 2. The minimum absolute atomic E-state index is 0.0627. The fraction of sp³-hybridized carbons (Fsp3) is 0.364. The van der Waals surface area contributed by atoms with Crippen LogP contribution in [0.4, 0.5) is 8.78 Å². The number of fused-ring (bicyclic) bond motifs is 1. The lowest BCUT2D eigenvalue weighted by molar-refractivity contribution is -0.127. The number of ether oxygens (including phenoxy) is 2. The van der Waals surface area contributed by atoms with Crippen molar-refractivity contribution in [2.75, 3.05) is 27.1 Å². The molecule has 3 aromatic rings. The standard InChI is InChI=1S/C22H26F2N2O2/c1-26(2)12-10-18-14-25-19-4-3-5-20(21(18)19)28-15-17-8-6-16(7-9-17)11-13-27-22(23)24/h3-9,14,22,25H,10-13,15H2,1-2H3/i1D3,2D3. The van der Waals surface area contributed by atoms with E-state index < -0.39 is 20.6 Å². The number of hydrogen-bond acceptors (Lipinski definition) is 3. The maximum Gasteiger partial charge on any atom is 0.345 e. The molecule has 0 fully saturated rings. The van der Waals surface area contributed by atoms with Gasteiger partial charge in [0.25, 0.3) is 0 Å². The predicted octanol–water partition coefficient (Wildman–Crippen LogP) is 4.63. The molecular formula is C22H26F2N2O2. The van der Waals surface area contributed by atoms with Crippen LogP contribution in [-0.2, 0) is 24.2 Å². The summed E-state index contributed by atoms with van der Waals surface area (Å²) in [5.41, 5.74) is 3.28. The van der Waals surface area contributed by atoms with Crippen LogP contribution in [0.1, 0.15) is 24.9 Å². The SMILES string of the molecule is [2H]C([2H])([2H])N(CCc1c[nH]c2cccc(OCc3ccc(CCOC(F)F)cc3)c12)C([2H])([2H])[2H]. The Kier molecular flexibility index (Phi) is 4.72. The molecule has 0 saturated heterocycles. The van der Waals surface area contributed by atoms with Crippen LogP contribution < -0.4 is 4.74 Å². The van der Waals surface area contributed by atoms with Crippen LogP contribution in [0.25, 0.3) is 10.9 Å². The fourth-order valence-electron chi connectivity index (χ4n) is 3.00. The van der Waals surface area contributed by atoms with Gasteiger partial charge in [-0.05, 0) is 55.6 Å². The molecule has 0 atom stereocenters. The number of aromatic amines is 1. The molecular weight excluding hydrogens is 362 g/mol. The molecule has 4 nitrogen and oxygen atoms in total. The normalized spacial score (nSPS) is 15.7. The molecule has 0 aliphatic heterocycles. The highest BCUT2D eigenvalue weighted by Crippen LogP contribution is 2.30. The zero-order chi connectivity index (χ0) is 24.9. The first-order valence-corrected chi connectivity index (χ1v) is 8.92. The molecule has 0 spiro atoms. The Morgan fingerprint density at radius 1 is 1.07 bits per heavy atom. The summed E-state index contributed by atoms with van der Waals surface area (Å²) < 4.78 is 79.7. The number of aromatic nitrogens is 1. The van der Waals surface area contributed by atoms with Crippen molar-refractivity contribution in [2.45, 2.75) is 26.1 Å². The summed E-state index contributed by atoms with van der Waals surface area (Å²) in [6.45, 7) is -8.24. The molecule has 1 N–H and O–H groups in total. The fourth-order valence-corrected chi connectivity index (χ4v) is 3.00. The van der Waals surface area contributed by atoms with Gasteiger partial charge in [0.1, 0.15) is 12.4 Å². The van der Waals surface area contributed by atoms with Gasteiger partial charge >= 0.3 is 6.61 Å². The second-order valence-electron chi connectivity index (χ2n) is 6.38. The molecule has 28 heavy (non-hydrogen) atoms. The third-order valence-corrected chi connectivity index (χ3v) is 4.41. The van der Waals surface area contributed by atoms with Crippen LogP contribution in [0, 0.1) is 0 Å². The number of halogens is 2. The second-order valence-corrected chi connectivity index (χ2v) is 6.38. The van der Waals surface area contributed by atoms with E-state index in [4.69, 9.17) is 13.0 Å². The first kappa shape index (κ1) is 13.7. The highest BCUT2D eigenvalue weighted by atomic mass is 19.3. The smallest absolute Gasteiger partial charge is 0.345 e. The number of hydrogen-bond donors (Lipinski definition) is 1. The van der Waals surface area contributed by atoms with Gasteiger partial charge < -0.3 is 19.4 Å². The van der Waals surface area contributed by atoms with Crippen LogP contribution in [0.3, 0.4) is 0 Å². The number of rotatable bonds is 10. The summed E-state index contributed by atoms with van der Waals surface area (Å²) in [7, 11) is 0. The van der Waals surface area contributed by atoms with E-state index in [0.29, 0.717) is 17.1 Å². The van der Waals surface area contributed by atoms with Crippen molar-refractivity contribution in [2.24, 2.45) is 0 Å². The molecule has 0 amide bonds. The summed E-state index contributed by atoms with van der Waals surface area (Å²) in [5.74, 6) is 0.581. The molecule has 6 heteroatoms. The molecule has 3 rings (SSSR count). The zero-order valence-electron chi connectivity index (χ0n) is 21.3. The minimum atomic E-state index is -2.78. The lowest BCUT2D eigenvalue weighted by Crippen LogP contribution is -2.14. The number of H-pyrrole nitrogens is 1. The Morgan fingerprint density at radius 3 is 2.61 bits per heavy atom. The Labute approximate surface area is 172 Å². The van der Waals surface area contributed by atoms with Crippen LogP contribution in [-0.4, -0.2) is 43.6 Å². The third kappa shape index (κ3) is 5.53. The molecule has 1 aromatic heterocycles. The Bertz CT molecular complexity index is 1050. The monoisotopic (exact) mass is 394 g/mol. The van der Waals surface area contributed by atoms with E-state index in [0.717, 1.165) is 27.6 Å². The summed E-state index contributed by atoms with van der Waals surface area (Å²) in [5, 5.41) is 0.763. The number of nitrogens with one attached hydrogen (secondary N) is 1. The van der Waals surface area contributed by atoms with Crippen molar-refractivity contribution in [1.29, 1.82) is 0 Å². The van der Waals surface area contributed by atoms with Crippen LogP contribution in [0.15, 0.2) is 48.7 Å². The van der Waals surface area contributed by atoms with Gasteiger partial charge in [-0.1, -0.05) is 30.3 Å². The molecule has 0 aliphatic rings.